The molecule has 0 atom stereocenters. The van der Waals surface area contributed by atoms with E-state index in [2.05, 4.69) is 18.9 Å². The van der Waals surface area contributed by atoms with Gasteiger partial charge in [0.25, 0.3) is 0 Å². The number of carbonyl (C=O) groups is 1. The Labute approximate surface area is 74.9 Å². The van der Waals surface area contributed by atoms with E-state index in [1.54, 1.807) is 0 Å². The van der Waals surface area contributed by atoms with Gasteiger partial charge in [-0.25, -0.2) is 0 Å². The largest absolute Gasteiger partial charge is 0.306 e. The second-order valence-corrected chi connectivity index (χ2v) is 4.03. The maximum Gasteiger partial charge on any atom is 0.126 e. The van der Waals surface area contributed by atoms with Gasteiger partial charge in [-0.3, -0.25) is 0 Å². The second-order valence-electron chi connectivity index (χ2n) is 4.03. The Balaban J connectivity index is 2.50. The first-order valence-electron chi connectivity index (χ1n) is 4.87. The molecule has 0 aromatic carbocycles. The van der Waals surface area contributed by atoms with Crippen molar-refractivity contribution >= 4 is 6.29 Å². The van der Waals surface area contributed by atoms with Crippen LogP contribution >= 0.6 is 0 Å². The number of nitrogens with zero attached hydrogens (tertiary/aromatic N) is 1. The summed E-state index contributed by atoms with van der Waals surface area (Å²) in [4.78, 5) is 13.3. The summed E-state index contributed by atoms with van der Waals surface area (Å²) in [5, 5.41) is 0. The predicted molar refractivity (Wildman–Crippen MR) is 50.1 cm³/mol. The molecule has 0 unspecified atom stereocenters. The molecule has 0 saturated carbocycles. The van der Waals surface area contributed by atoms with Gasteiger partial charge >= 0.3 is 0 Å². The van der Waals surface area contributed by atoms with Crippen molar-refractivity contribution < 1.29 is 4.79 Å². The van der Waals surface area contributed by atoms with Crippen LogP contribution in [0, 0.1) is 5.41 Å². The van der Waals surface area contributed by atoms with Crippen LogP contribution in [0.1, 0.15) is 32.6 Å². The van der Waals surface area contributed by atoms with Crippen LogP contribution < -0.4 is 0 Å². The van der Waals surface area contributed by atoms with Crippen LogP contribution in [-0.2, 0) is 4.79 Å². The van der Waals surface area contributed by atoms with Crippen molar-refractivity contribution in [2.24, 2.45) is 5.41 Å². The lowest BCUT2D eigenvalue weighted by molar-refractivity contribution is -0.119. The number of hydrogen-bond acceptors (Lipinski definition) is 2. The van der Waals surface area contributed by atoms with Crippen LogP contribution in [0.2, 0.25) is 0 Å². The van der Waals surface area contributed by atoms with Gasteiger partial charge in [-0.15, -0.1) is 0 Å². The van der Waals surface area contributed by atoms with Crippen LogP contribution in [0.3, 0.4) is 0 Å². The quantitative estimate of drug-likeness (QED) is 0.599. The third-order valence-electron chi connectivity index (χ3n) is 2.98. The molecule has 0 spiro atoms. The van der Waals surface area contributed by atoms with Gasteiger partial charge in [-0.05, 0) is 39.4 Å². The molecule has 1 aliphatic heterocycles. The van der Waals surface area contributed by atoms with Gasteiger partial charge in [-0.1, -0.05) is 13.3 Å². The van der Waals surface area contributed by atoms with E-state index >= 15 is 0 Å². The van der Waals surface area contributed by atoms with Crippen LogP contribution in [0.15, 0.2) is 0 Å². The summed E-state index contributed by atoms with van der Waals surface area (Å²) < 4.78 is 0. The van der Waals surface area contributed by atoms with Crippen molar-refractivity contribution in [3.8, 4) is 0 Å². The minimum atomic E-state index is 0.0290. The maximum absolute atomic E-state index is 11.0. The maximum atomic E-state index is 11.0. The Morgan fingerprint density at radius 2 is 2.00 bits per heavy atom. The molecule has 1 saturated heterocycles. The predicted octanol–water partition coefficient (Wildman–Crippen LogP) is 1.70. The number of hydrogen-bond donors (Lipinski definition) is 0. The Hall–Kier alpha value is -0.370. The van der Waals surface area contributed by atoms with Crippen molar-refractivity contribution in [1.82, 2.24) is 4.90 Å². The fourth-order valence-electron chi connectivity index (χ4n) is 1.99. The van der Waals surface area contributed by atoms with Crippen LogP contribution in [-0.4, -0.2) is 31.3 Å². The number of likely N-dealkylation sites (tertiary alicyclic amines) is 1. The van der Waals surface area contributed by atoms with Crippen molar-refractivity contribution in [3.05, 3.63) is 0 Å². The fourth-order valence-corrected chi connectivity index (χ4v) is 1.99. The molecule has 0 radical (unpaired) electrons. The normalized spacial score (nSPS) is 23.8. The number of rotatable bonds is 3. The average molecular weight is 169 g/mol. The van der Waals surface area contributed by atoms with E-state index in [-0.39, 0.29) is 5.41 Å². The molecule has 1 rings (SSSR count). The Morgan fingerprint density at radius 1 is 1.42 bits per heavy atom. The molecule has 1 aliphatic rings. The van der Waals surface area contributed by atoms with Crippen molar-refractivity contribution in [3.63, 3.8) is 0 Å². The zero-order chi connectivity index (χ0) is 9.03. The van der Waals surface area contributed by atoms with Gasteiger partial charge in [-0.2, -0.15) is 0 Å². The first-order valence-corrected chi connectivity index (χ1v) is 4.87. The summed E-state index contributed by atoms with van der Waals surface area (Å²) in [7, 11) is 2.13. The van der Waals surface area contributed by atoms with E-state index in [9.17, 15) is 4.79 Å². The summed E-state index contributed by atoms with van der Waals surface area (Å²) in [6.07, 6.45) is 5.51. The van der Waals surface area contributed by atoms with Gasteiger partial charge in [0.05, 0.1) is 0 Å². The third-order valence-corrected chi connectivity index (χ3v) is 2.98. The molecular formula is C10H19NO. The van der Waals surface area contributed by atoms with Crippen LogP contribution in [0.4, 0.5) is 0 Å². The van der Waals surface area contributed by atoms with Gasteiger partial charge in [0.1, 0.15) is 6.29 Å². The van der Waals surface area contributed by atoms with E-state index < -0.39 is 0 Å². The highest BCUT2D eigenvalue weighted by Gasteiger charge is 2.32. The molecule has 0 aromatic rings. The van der Waals surface area contributed by atoms with Crippen LogP contribution in [0.5, 0.6) is 0 Å². The number of piperidine rings is 1. The third kappa shape index (κ3) is 2.07. The van der Waals surface area contributed by atoms with Crippen LogP contribution in [0.25, 0.3) is 0 Å². The highest BCUT2D eigenvalue weighted by atomic mass is 16.1. The first kappa shape index (κ1) is 9.72. The van der Waals surface area contributed by atoms with Gasteiger partial charge < -0.3 is 9.69 Å². The molecule has 2 nitrogen and oxygen atoms in total. The topological polar surface area (TPSA) is 20.3 Å². The first-order chi connectivity index (χ1) is 5.72. The Morgan fingerprint density at radius 3 is 2.42 bits per heavy atom. The van der Waals surface area contributed by atoms with Gasteiger partial charge in [0, 0.05) is 5.41 Å². The highest BCUT2D eigenvalue weighted by Crippen LogP contribution is 2.33. The lowest BCUT2D eigenvalue weighted by Gasteiger charge is -2.36. The lowest BCUT2D eigenvalue weighted by atomic mass is 9.76. The summed E-state index contributed by atoms with van der Waals surface area (Å²) in [5.74, 6) is 0. The van der Waals surface area contributed by atoms with Crippen molar-refractivity contribution in [1.29, 1.82) is 0 Å². The molecule has 0 bridgehead atoms. The van der Waals surface area contributed by atoms with E-state index in [4.69, 9.17) is 0 Å². The van der Waals surface area contributed by atoms with Gasteiger partial charge in [0.15, 0.2) is 0 Å². The molecule has 0 amide bonds. The van der Waals surface area contributed by atoms with E-state index in [0.29, 0.717) is 0 Å². The molecule has 0 aliphatic carbocycles. The highest BCUT2D eigenvalue weighted by molar-refractivity contribution is 5.59. The zero-order valence-corrected chi connectivity index (χ0v) is 8.18. The van der Waals surface area contributed by atoms with E-state index in [0.717, 1.165) is 38.8 Å². The minimum Gasteiger partial charge on any atom is -0.306 e. The molecular weight excluding hydrogens is 150 g/mol. The monoisotopic (exact) mass is 169 g/mol. The van der Waals surface area contributed by atoms with Crippen molar-refractivity contribution in [2.75, 3.05) is 20.1 Å². The van der Waals surface area contributed by atoms with Crippen molar-refractivity contribution in [2.45, 2.75) is 32.6 Å². The summed E-state index contributed by atoms with van der Waals surface area (Å²) in [6.45, 7) is 4.32. The number of carbonyl (C=O) groups excluding carboxylic acids is 1. The zero-order valence-electron chi connectivity index (χ0n) is 8.18. The molecule has 0 aromatic heterocycles. The van der Waals surface area contributed by atoms with E-state index in [1.807, 2.05) is 0 Å². The molecule has 12 heavy (non-hydrogen) atoms. The summed E-state index contributed by atoms with van der Waals surface area (Å²) in [6, 6.07) is 0. The molecule has 70 valence electrons. The second kappa shape index (κ2) is 4.04. The minimum absolute atomic E-state index is 0.0290. The smallest absolute Gasteiger partial charge is 0.126 e. The Bertz CT molecular complexity index is 148. The lowest BCUT2D eigenvalue weighted by Crippen LogP contribution is -2.38. The fraction of sp³-hybridized carbons (Fsp3) is 0.900. The van der Waals surface area contributed by atoms with Gasteiger partial charge in [0.2, 0.25) is 0 Å². The van der Waals surface area contributed by atoms with E-state index in [1.165, 1.54) is 6.29 Å². The molecule has 0 N–H and O–H groups in total. The molecule has 1 heterocycles. The standard InChI is InChI=1S/C10H19NO/c1-3-4-10(9-12)5-7-11(2)8-6-10/h9H,3-8H2,1-2H3. The molecule has 1 fully saturated rings. The average Bonchev–Trinajstić information content (AvgIpc) is 2.10. The molecule has 2 heteroatoms. The number of aldehydes is 1. The SMILES string of the molecule is CCCC1(C=O)CCN(C)CC1. The summed E-state index contributed by atoms with van der Waals surface area (Å²) in [5.41, 5.74) is 0.0290. The Kier molecular flexibility index (Phi) is 3.27. The summed E-state index contributed by atoms with van der Waals surface area (Å²) >= 11 is 0.